The maximum atomic E-state index is 12.2. The van der Waals surface area contributed by atoms with Crippen LogP contribution in [0.5, 0.6) is 0 Å². The number of nitrogen functional groups attached to an aromatic ring is 1. The molecule has 6 heteroatoms. The van der Waals surface area contributed by atoms with Crippen LogP contribution in [-0.2, 0) is 0 Å². The van der Waals surface area contributed by atoms with Gasteiger partial charge < -0.3 is 16.4 Å². The maximum absolute atomic E-state index is 12.2. The van der Waals surface area contributed by atoms with Crippen LogP contribution < -0.4 is 16.4 Å². The highest BCUT2D eigenvalue weighted by Crippen LogP contribution is 2.20. The van der Waals surface area contributed by atoms with Gasteiger partial charge in [-0.05, 0) is 36.4 Å². The van der Waals surface area contributed by atoms with E-state index in [0.717, 1.165) is 0 Å². The van der Waals surface area contributed by atoms with Gasteiger partial charge in [0.1, 0.15) is 0 Å². The van der Waals surface area contributed by atoms with Gasteiger partial charge in [-0.25, -0.2) is 0 Å². The molecule has 0 saturated heterocycles. The van der Waals surface area contributed by atoms with Crippen LogP contribution >= 0.6 is 11.6 Å². The molecule has 0 unspecified atom stereocenters. The summed E-state index contributed by atoms with van der Waals surface area (Å²) in [6.45, 7) is 0. The van der Waals surface area contributed by atoms with Crippen molar-refractivity contribution >= 4 is 34.8 Å². The second kappa shape index (κ2) is 6.28. The van der Waals surface area contributed by atoms with E-state index >= 15 is 0 Å². The van der Waals surface area contributed by atoms with Crippen LogP contribution in [0, 0.1) is 0 Å². The van der Waals surface area contributed by atoms with Crippen molar-refractivity contribution in [3.05, 3.63) is 58.6 Å². The third-order valence-electron chi connectivity index (χ3n) is 2.87. The second-order valence-corrected chi connectivity index (χ2v) is 4.78. The summed E-state index contributed by atoms with van der Waals surface area (Å²) in [7, 11) is 1.54. The van der Waals surface area contributed by atoms with E-state index in [-0.39, 0.29) is 17.4 Å². The Kier molecular flexibility index (Phi) is 4.45. The molecule has 0 aromatic heterocycles. The van der Waals surface area contributed by atoms with Crippen LogP contribution in [0.2, 0.25) is 5.02 Å². The lowest BCUT2D eigenvalue weighted by molar-refractivity contribution is 0.0961. The largest absolute Gasteiger partial charge is 0.398 e. The lowest BCUT2D eigenvalue weighted by Gasteiger charge is -2.09. The van der Waals surface area contributed by atoms with E-state index in [0.29, 0.717) is 22.0 Å². The molecule has 0 fully saturated rings. The van der Waals surface area contributed by atoms with E-state index in [1.807, 2.05) is 0 Å². The zero-order valence-corrected chi connectivity index (χ0v) is 12.1. The van der Waals surface area contributed by atoms with Crippen molar-refractivity contribution < 1.29 is 9.59 Å². The van der Waals surface area contributed by atoms with Crippen LogP contribution in [0.1, 0.15) is 20.7 Å². The molecular formula is C15H14ClN3O2. The molecule has 5 nitrogen and oxygen atoms in total. The highest BCUT2D eigenvalue weighted by atomic mass is 35.5. The zero-order chi connectivity index (χ0) is 15.4. The third kappa shape index (κ3) is 3.52. The first-order chi connectivity index (χ1) is 10.0. The number of nitrogens with two attached hydrogens (primary N) is 1. The second-order valence-electron chi connectivity index (χ2n) is 4.35. The number of benzene rings is 2. The summed E-state index contributed by atoms with van der Waals surface area (Å²) < 4.78 is 0. The minimum atomic E-state index is -0.385. The molecule has 0 aliphatic carbocycles. The molecule has 2 aromatic carbocycles. The van der Waals surface area contributed by atoms with E-state index in [9.17, 15) is 9.59 Å². The molecule has 0 radical (unpaired) electrons. The molecule has 2 aromatic rings. The Bertz CT molecular complexity index is 701. The number of halogens is 1. The Balaban J connectivity index is 2.23. The van der Waals surface area contributed by atoms with E-state index in [4.69, 9.17) is 17.3 Å². The number of carbonyl (C=O) groups excluding carboxylic acids is 2. The Morgan fingerprint density at radius 2 is 1.86 bits per heavy atom. The SMILES string of the molecule is CNC(=O)c1cccc(NC(=O)c2cc(Cl)ccc2N)c1. The summed E-state index contributed by atoms with van der Waals surface area (Å²) in [5.41, 5.74) is 7.33. The monoisotopic (exact) mass is 303 g/mol. The van der Waals surface area contributed by atoms with Gasteiger partial charge >= 0.3 is 0 Å². The smallest absolute Gasteiger partial charge is 0.257 e. The number of rotatable bonds is 3. The van der Waals surface area contributed by atoms with Gasteiger partial charge in [-0.1, -0.05) is 17.7 Å². The predicted octanol–water partition coefficient (Wildman–Crippen LogP) is 2.53. The fourth-order valence-electron chi connectivity index (χ4n) is 1.81. The third-order valence-corrected chi connectivity index (χ3v) is 3.10. The molecule has 2 rings (SSSR count). The first-order valence-corrected chi connectivity index (χ1v) is 6.57. The van der Waals surface area contributed by atoms with Gasteiger partial charge in [-0.15, -0.1) is 0 Å². The van der Waals surface area contributed by atoms with Gasteiger partial charge in [0.15, 0.2) is 0 Å². The molecule has 2 amide bonds. The van der Waals surface area contributed by atoms with Crippen molar-refractivity contribution in [3.63, 3.8) is 0 Å². The lowest BCUT2D eigenvalue weighted by atomic mass is 10.1. The summed E-state index contributed by atoms with van der Waals surface area (Å²) in [4.78, 5) is 23.7. The molecule has 0 heterocycles. The number of hydrogen-bond donors (Lipinski definition) is 3. The molecular weight excluding hydrogens is 290 g/mol. The summed E-state index contributed by atoms with van der Waals surface area (Å²) >= 11 is 5.86. The average molecular weight is 304 g/mol. The van der Waals surface area contributed by atoms with Crippen molar-refractivity contribution in [2.45, 2.75) is 0 Å². The molecule has 0 aliphatic rings. The Morgan fingerprint density at radius 3 is 2.57 bits per heavy atom. The van der Waals surface area contributed by atoms with E-state index in [1.165, 1.54) is 6.07 Å². The number of anilines is 2. The zero-order valence-electron chi connectivity index (χ0n) is 11.3. The van der Waals surface area contributed by atoms with E-state index in [2.05, 4.69) is 10.6 Å². The van der Waals surface area contributed by atoms with Gasteiger partial charge in [-0.3, -0.25) is 9.59 Å². The van der Waals surface area contributed by atoms with Crippen LogP contribution in [0.15, 0.2) is 42.5 Å². The van der Waals surface area contributed by atoms with Crippen molar-refractivity contribution in [2.75, 3.05) is 18.1 Å². The van der Waals surface area contributed by atoms with Gasteiger partial charge in [0.25, 0.3) is 11.8 Å². The first kappa shape index (κ1) is 14.9. The molecule has 4 N–H and O–H groups in total. The predicted molar refractivity (Wildman–Crippen MR) is 83.6 cm³/mol. The summed E-state index contributed by atoms with van der Waals surface area (Å²) in [6, 6.07) is 11.3. The summed E-state index contributed by atoms with van der Waals surface area (Å²) in [5, 5.41) is 5.63. The number of nitrogens with one attached hydrogen (secondary N) is 2. The van der Waals surface area contributed by atoms with Gasteiger partial charge in [-0.2, -0.15) is 0 Å². The Labute approximate surface area is 127 Å². The highest BCUT2D eigenvalue weighted by molar-refractivity contribution is 6.31. The molecule has 0 aliphatic heterocycles. The molecule has 0 saturated carbocycles. The van der Waals surface area contributed by atoms with E-state index < -0.39 is 0 Å². The van der Waals surface area contributed by atoms with Gasteiger partial charge in [0.2, 0.25) is 0 Å². The number of hydrogen-bond acceptors (Lipinski definition) is 3. The fraction of sp³-hybridized carbons (Fsp3) is 0.0667. The topological polar surface area (TPSA) is 84.2 Å². The van der Waals surface area contributed by atoms with E-state index in [1.54, 1.807) is 43.4 Å². The van der Waals surface area contributed by atoms with Crippen molar-refractivity contribution in [1.82, 2.24) is 5.32 Å². The van der Waals surface area contributed by atoms with Crippen LogP contribution in [0.3, 0.4) is 0 Å². The van der Waals surface area contributed by atoms with Crippen LogP contribution in [-0.4, -0.2) is 18.9 Å². The van der Waals surface area contributed by atoms with Gasteiger partial charge in [0.05, 0.1) is 5.56 Å². The van der Waals surface area contributed by atoms with Crippen LogP contribution in [0.4, 0.5) is 11.4 Å². The Hall–Kier alpha value is -2.53. The number of amides is 2. The minimum Gasteiger partial charge on any atom is -0.398 e. The standard InChI is InChI=1S/C15H14ClN3O2/c1-18-14(20)9-3-2-4-11(7-9)19-15(21)12-8-10(16)5-6-13(12)17/h2-8H,17H2,1H3,(H,18,20)(H,19,21). The molecule has 108 valence electrons. The van der Waals surface area contributed by atoms with Crippen molar-refractivity contribution in [2.24, 2.45) is 0 Å². The Morgan fingerprint density at radius 1 is 1.10 bits per heavy atom. The minimum absolute atomic E-state index is 0.228. The molecule has 21 heavy (non-hydrogen) atoms. The summed E-state index contributed by atoms with van der Waals surface area (Å²) in [6.07, 6.45) is 0. The highest BCUT2D eigenvalue weighted by Gasteiger charge is 2.11. The lowest BCUT2D eigenvalue weighted by Crippen LogP contribution is -2.18. The first-order valence-electron chi connectivity index (χ1n) is 6.20. The average Bonchev–Trinajstić information content (AvgIpc) is 2.49. The molecule has 0 spiro atoms. The van der Waals surface area contributed by atoms with Crippen molar-refractivity contribution in [3.8, 4) is 0 Å². The normalized spacial score (nSPS) is 10.0. The molecule has 0 atom stereocenters. The van der Waals surface area contributed by atoms with Crippen molar-refractivity contribution in [1.29, 1.82) is 0 Å². The maximum Gasteiger partial charge on any atom is 0.257 e. The van der Waals surface area contributed by atoms with Crippen LogP contribution in [0.25, 0.3) is 0 Å². The quantitative estimate of drug-likeness (QED) is 0.762. The van der Waals surface area contributed by atoms with Gasteiger partial charge in [0, 0.05) is 29.0 Å². The summed E-state index contributed by atoms with van der Waals surface area (Å²) in [5.74, 6) is -0.613. The molecule has 0 bridgehead atoms. The fourth-order valence-corrected chi connectivity index (χ4v) is 1.98. The number of carbonyl (C=O) groups is 2.